The maximum absolute atomic E-state index is 12.7. The van der Waals surface area contributed by atoms with E-state index >= 15 is 0 Å². The van der Waals surface area contributed by atoms with Crippen molar-refractivity contribution in [2.75, 3.05) is 45.8 Å². The van der Waals surface area contributed by atoms with Gasteiger partial charge in [0.2, 0.25) is 5.76 Å². The van der Waals surface area contributed by atoms with Crippen LogP contribution in [0, 0.1) is 0 Å². The number of amides is 1. The number of para-hydroxylation sites is 2. The Hall–Kier alpha value is -2.36. The van der Waals surface area contributed by atoms with E-state index in [1.807, 2.05) is 25.3 Å². The summed E-state index contributed by atoms with van der Waals surface area (Å²) < 4.78 is 7.96. The number of hydrogen-bond donors (Lipinski definition) is 2. The van der Waals surface area contributed by atoms with E-state index < -0.39 is 6.09 Å². The Bertz CT molecular complexity index is 829. The SMILES string of the molecule is CO/[N+](=C1/CC=CC(Br)=C1OC(=O)N1CCN(C)CC1)c1ccccc1NO. The second-order valence-corrected chi connectivity index (χ2v) is 7.35. The molecule has 9 heteroatoms. The zero-order chi connectivity index (χ0) is 20.1. The number of nitrogens with zero attached hydrogens (tertiary/aromatic N) is 3. The lowest BCUT2D eigenvalue weighted by atomic mass is 10.1. The largest absolute Gasteiger partial charge is 0.415 e. The monoisotopic (exact) mass is 451 g/mol. The maximum Gasteiger partial charge on any atom is 0.415 e. The summed E-state index contributed by atoms with van der Waals surface area (Å²) >= 11 is 3.48. The van der Waals surface area contributed by atoms with Crippen LogP contribution in [0.25, 0.3) is 0 Å². The molecule has 0 radical (unpaired) electrons. The van der Waals surface area contributed by atoms with Gasteiger partial charge >= 0.3 is 6.09 Å². The van der Waals surface area contributed by atoms with Gasteiger partial charge < -0.3 is 14.5 Å². The Labute approximate surface area is 172 Å². The Kier molecular flexibility index (Phi) is 6.71. The van der Waals surface area contributed by atoms with E-state index in [-0.39, 0.29) is 0 Å². The first kappa shape index (κ1) is 20.4. The van der Waals surface area contributed by atoms with Crippen molar-refractivity contribution in [2.24, 2.45) is 0 Å². The van der Waals surface area contributed by atoms with Gasteiger partial charge in [0.05, 0.1) is 10.9 Å². The predicted octanol–water partition coefficient (Wildman–Crippen LogP) is 3.08. The minimum absolute atomic E-state index is 0.390. The number of carbonyl (C=O) groups is 1. The summed E-state index contributed by atoms with van der Waals surface area (Å²) in [7, 11) is 3.55. The molecule has 1 aliphatic carbocycles. The number of allylic oxidation sites excluding steroid dienone is 4. The molecule has 28 heavy (non-hydrogen) atoms. The highest BCUT2D eigenvalue weighted by Gasteiger charge is 2.33. The third-order valence-corrected chi connectivity index (χ3v) is 5.30. The Morgan fingerprint density at radius 3 is 2.64 bits per heavy atom. The fraction of sp³-hybridized carbons (Fsp3) is 0.368. The fourth-order valence-electron chi connectivity index (χ4n) is 3.10. The number of piperazine rings is 1. The molecule has 0 aromatic heterocycles. The van der Waals surface area contributed by atoms with Crippen molar-refractivity contribution in [3.63, 3.8) is 0 Å². The molecule has 0 spiro atoms. The van der Waals surface area contributed by atoms with Gasteiger partial charge in [-0.2, -0.15) is 0 Å². The topological polar surface area (TPSA) is 77.3 Å². The number of carbonyl (C=O) groups excluding carboxylic acids is 1. The standard InChI is InChI=1S/C19H24BrN4O4/c1-22-10-12-23(13-11-22)19(25)28-18-14(20)6-5-9-17(18)24(27-2)16-8-4-3-7-15(16)21-26/h3-8,21,26H,9-13H2,1-2H3/q+1/b24-17-. The van der Waals surface area contributed by atoms with Gasteiger partial charge in [0.15, 0.2) is 0 Å². The summed E-state index contributed by atoms with van der Waals surface area (Å²) in [5.41, 5.74) is 3.87. The molecule has 0 bridgehead atoms. The van der Waals surface area contributed by atoms with E-state index in [4.69, 9.17) is 9.57 Å². The average Bonchev–Trinajstić information content (AvgIpc) is 2.71. The summed E-state index contributed by atoms with van der Waals surface area (Å²) in [5, 5.41) is 9.44. The first-order valence-electron chi connectivity index (χ1n) is 8.96. The van der Waals surface area contributed by atoms with Crippen LogP contribution in [-0.2, 0) is 9.57 Å². The fourth-order valence-corrected chi connectivity index (χ4v) is 3.60. The van der Waals surface area contributed by atoms with Gasteiger partial charge in [-0.25, -0.2) is 4.79 Å². The van der Waals surface area contributed by atoms with E-state index in [1.165, 1.54) is 11.8 Å². The number of ether oxygens (including phenoxy) is 1. The molecule has 0 saturated carbocycles. The third-order valence-electron chi connectivity index (χ3n) is 4.68. The molecule has 8 nitrogen and oxygen atoms in total. The molecular formula is C19H24BrN4O4+. The summed E-state index contributed by atoms with van der Waals surface area (Å²) in [4.78, 5) is 22.2. The lowest BCUT2D eigenvalue weighted by molar-refractivity contribution is -0.720. The molecule has 1 saturated heterocycles. The molecule has 0 atom stereocenters. The van der Waals surface area contributed by atoms with Gasteiger partial charge in [0.1, 0.15) is 12.8 Å². The maximum atomic E-state index is 12.7. The molecular weight excluding hydrogens is 428 g/mol. The number of hydrogen-bond acceptors (Lipinski definition) is 6. The summed E-state index contributed by atoms with van der Waals surface area (Å²) in [6, 6.07) is 7.13. The van der Waals surface area contributed by atoms with Crippen molar-refractivity contribution in [1.29, 1.82) is 0 Å². The van der Waals surface area contributed by atoms with Crippen molar-refractivity contribution < 1.29 is 24.3 Å². The van der Waals surface area contributed by atoms with Crippen molar-refractivity contribution in [3.8, 4) is 0 Å². The van der Waals surface area contributed by atoms with Crippen LogP contribution in [0.15, 0.2) is 46.7 Å². The second-order valence-electron chi connectivity index (χ2n) is 6.49. The van der Waals surface area contributed by atoms with Crippen molar-refractivity contribution in [2.45, 2.75) is 6.42 Å². The van der Waals surface area contributed by atoms with Crippen molar-refractivity contribution >= 4 is 39.1 Å². The summed E-state index contributed by atoms with van der Waals surface area (Å²) in [6.07, 6.45) is 3.89. The van der Waals surface area contributed by atoms with Gasteiger partial charge in [-0.15, -0.1) is 0 Å². The lowest BCUT2D eigenvalue weighted by Gasteiger charge is -2.31. The van der Waals surface area contributed by atoms with E-state index in [1.54, 1.807) is 23.1 Å². The molecule has 0 unspecified atom stereocenters. The molecule has 150 valence electrons. The van der Waals surface area contributed by atoms with Crippen LogP contribution in [0.3, 0.4) is 0 Å². The van der Waals surface area contributed by atoms with Crippen molar-refractivity contribution in [3.05, 3.63) is 46.7 Å². The van der Waals surface area contributed by atoms with Crippen LogP contribution < -0.4 is 5.48 Å². The lowest BCUT2D eigenvalue weighted by Crippen LogP contribution is -2.47. The molecule has 2 aliphatic rings. The first-order valence-corrected chi connectivity index (χ1v) is 9.75. The van der Waals surface area contributed by atoms with Gasteiger partial charge in [-0.05, 0) is 35.1 Å². The third kappa shape index (κ3) is 4.37. The number of likely N-dealkylation sites (N-methyl/N-ethyl adjacent to an activating group) is 1. The minimum Gasteiger partial charge on any atom is -0.402 e. The first-order chi connectivity index (χ1) is 13.5. The summed E-state index contributed by atoms with van der Waals surface area (Å²) in [6.45, 7) is 2.87. The molecule has 1 heterocycles. The molecule has 3 rings (SSSR count). The highest BCUT2D eigenvalue weighted by atomic mass is 79.9. The van der Waals surface area contributed by atoms with Crippen LogP contribution in [0.5, 0.6) is 0 Å². The van der Waals surface area contributed by atoms with E-state index in [2.05, 4.69) is 26.3 Å². The van der Waals surface area contributed by atoms with Crippen molar-refractivity contribution in [1.82, 2.24) is 9.80 Å². The second kappa shape index (κ2) is 9.22. The van der Waals surface area contributed by atoms with Crippen LogP contribution in [0.1, 0.15) is 6.42 Å². The van der Waals surface area contributed by atoms with E-state index in [9.17, 15) is 10.0 Å². The zero-order valence-corrected chi connectivity index (χ0v) is 17.5. The number of nitrogens with one attached hydrogen (secondary N) is 1. The molecule has 1 fully saturated rings. The summed E-state index contributed by atoms with van der Waals surface area (Å²) in [5.74, 6) is 0.390. The van der Waals surface area contributed by atoms with Gasteiger partial charge in [0, 0.05) is 37.0 Å². The number of rotatable bonds is 4. The van der Waals surface area contributed by atoms with Crippen LogP contribution in [0.2, 0.25) is 0 Å². The predicted molar refractivity (Wildman–Crippen MR) is 109 cm³/mol. The Morgan fingerprint density at radius 1 is 1.25 bits per heavy atom. The Morgan fingerprint density at radius 2 is 1.96 bits per heavy atom. The number of anilines is 1. The number of halogens is 1. The molecule has 1 amide bonds. The van der Waals surface area contributed by atoms with Crippen LogP contribution >= 0.6 is 15.9 Å². The number of benzene rings is 1. The molecule has 1 aromatic rings. The molecule has 1 aliphatic heterocycles. The average molecular weight is 452 g/mol. The van der Waals surface area contributed by atoms with Gasteiger partial charge in [0.25, 0.3) is 11.4 Å². The van der Waals surface area contributed by atoms with Gasteiger partial charge in [-0.3, -0.25) is 15.5 Å². The van der Waals surface area contributed by atoms with Crippen LogP contribution in [0.4, 0.5) is 16.2 Å². The van der Waals surface area contributed by atoms with E-state index in [0.717, 1.165) is 13.1 Å². The normalized spacial score (nSPS) is 19.5. The van der Waals surface area contributed by atoms with Gasteiger partial charge in [-0.1, -0.05) is 18.2 Å². The zero-order valence-electron chi connectivity index (χ0n) is 15.9. The molecule has 1 aromatic carbocycles. The smallest absolute Gasteiger partial charge is 0.402 e. The Balaban J connectivity index is 1.94. The van der Waals surface area contributed by atoms with Crippen LogP contribution in [-0.4, -0.2) is 71.9 Å². The molecule has 2 N–H and O–H groups in total. The quantitative estimate of drug-likeness (QED) is 0.540. The highest BCUT2D eigenvalue weighted by molar-refractivity contribution is 9.11. The van der Waals surface area contributed by atoms with E-state index in [0.29, 0.717) is 46.8 Å². The highest BCUT2D eigenvalue weighted by Crippen LogP contribution is 2.29. The minimum atomic E-state index is -0.391.